The van der Waals surface area contributed by atoms with Crippen LogP contribution in [-0.2, 0) is 6.42 Å². The van der Waals surface area contributed by atoms with Crippen LogP contribution in [0.3, 0.4) is 0 Å². The van der Waals surface area contributed by atoms with Gasteiger partial charge in [0.1, 0.15) is 0 Å². The Hall–Kier alpha value is -1.22. The highest BCUT2D eigenvalue weighted by Crippen LogP contribution is 2.34. The zero-order chi connectivity index (χ0) is 11.4. The standard InChI is InChI=1S/C11H13ClO3/c1-4-7-5-6-8(14-2)10(15-3)9(7)11(12)13/h5-6H,4H2,1-3H3. The first-order chi connectivity index (χ1) is 7.15. The van der Waals surface area contributed by atoms with Crippen molar-refractivity contribution in [2.24, 2.45) is 0 Å². The van der Waals surface area contributed by atoms with Gasteiger partial charge in [0.05, 0.1) is 19.8 Å². The maximum absolute atomic E-state index is 11.3. The van der Waals surface area contributed by atoms with Crippen molar-refractivity contribution in [3.63, 3.8) is 0 Å². The Balaban J connectivity index is 3.44. The van der Waals surface area contributed by atoms with Gasteiger partial charge in [-0.15, -0.1) is 0 Å². The van der Waals surface area contributed by atoms with Crippen molar-refractivity contribution in [2.45, 2.75) is 13.3 Å². The molecular formula is C11H13ClO3. The molecule has 4 heteroatoms. The van der Waals surface area contributed by atoms with E-state index in [4.69, 9.17) is 21.1 Å². The van der Waals surface area contributed by atoms with Gasteiger partial charge in [0.25, 0.3) is 5.24 Å². The predicted molar refractivity (Wildman–Crippen MR) is 59.1 cm³/mol. The van der Waals surface area contributed by atoms with Crippen molar-refractivity contribution < 1.29 is 14.3 Å². The molecule has 0 aliphatic heterocycles. The first-order valence-electron chi connectivity index (χ1n) is 4.59. The first-order valence-corrected chi connectivity index (χ1v) is 4.97. The molecule has 0 heterocycles. The Morgan fingerprint density at radius 2 is 2.00 bits per heavy atom. The summed E-state index contributed by atoms with van der Waals surface area (Å²) in [6, 6.07) is 3.58. The fourth-order valence-corrected chi connectivity index (χ4v) is 1.69. The van der Waals surface area contributed by atoms with E-state index in [1.165, 1.54) is 14.2 Å². The quantitative estimate of drug-likeness (QED) is 0.744. The van der Waals surface area contributed by atoms with Gasteiger partial charge in [0.2, 0.25) is 0 Å². The number of halogens is 1. The number of methoxy groups -OCH3 is 2. The predicted octanol–water partition coefficient (Wildman–Crippen LogP) is 2.65. The van der Waals surface area contributed by atoms with E-state index < -0.39 is 5.24 Å². The normalized spacial score (nSPS) is 9.87. The lowest BCUT2D eigenvalue weighted by molar-refractivity contribution is 0.107. The van der Waals surface area contributed by atoms with Gasteiger partial charge in [0, 0.05) is 0 Å². The van der Waals surface area contributed by atoms with Crippen LogP contribution >= 0.6 is 11.6 Å². The summed E-state index contributed by atoms with van der Waals surface area (Å²) in [5.74, 6) is 0.913. The van der Waals surface area contributed by atoms with E-state index in [-0.39, 0.29) is 0 Å². The van der Waals surface area contributed by atoms with Crippen molar-refractivity contribution in [2.75, 3.05) is 14.2 Å². The monoisotopic (exact) mass is 228 g/mol. The number of hydrogen-bond acceptors (Lipinski definition) is 3. The Labute approximate surface area is 93.9 Å². The van der Waals surface area contributed by atoms with Gasteiger partial charge >= 0.3 is 0 Å². The van der Waals surface area contributed by atoms with E-state index in [2.05, 4.69) is 0 Å². The molecule has 0 amide bonds. The van der Waals surface area contributed by atoms with Gasteiger partial charge in [-0.3, -0.25) is 4.79 Å². The van der Waals surface area contributed by atoms with Crippen molar-refractivity contribution in [3.05, 3.63) is 23.3 Å². The lowest BCUT2D eigenvalue weighted by Crippen LogP contribution is -2.03. The average molecular weight is 229 g/mol. The maximum atomic E-state index is 11.3. The highest BCUT2D eigenvalue weighted by atomic mass is 35.5. The smallest absolute Gasteiger partial charge is 0.256 e. The van der Waals surface area contributed by atoms with E-state index in [1.54, 1.807) is 6.07 Å². The summed E-state index contributed by atoms with van der Waals surface area (Å²) < 4.78 is 10.2. The molecule has 3 nitrogen and oxygen atoms in total. The molecule has 0 unspecified atom stereocenters. The summed E-state index contributed by atoms with van der Waals surface area (Å²) in [7, 11) is 3.01. The van der Waals surface area contributed by atoms with E-state index in [0.717, 1.165) is 5.56 Å². The second kappa shape index (κ2) is 5.03. The summed E-state index contributed by atoms with van der Waals surface area (Å²) >= 11 is 5.53. The Bertz CT molecular complexity index is 374. The third-order valence-corrected chi connectivity index (χ3v) is 2.40. The summed E-state index contributed by atoms with van der Waals surface area (Å²) in [6.45, 7) is 1.95. The molecule has 15 heavy (non-hydrogen) atoms. The summed E-state index contributed by atoms with van der Waals surface area (Å²) in [4.78, 5) is 11.3. The number of rotatable bonds is 4. The molecule has 1 rings (SSSR count). The zero-order valence-corrected chi connectivity index (χ0v) is 9.72. The molecular weight excluding hydrogens is 216 g/mol. The Morgan fingerprint density at radius 1 is 1.33 bits per heavy atom. The SMILES string of the molecule is CCc1ccc(OC)c(OC)c1C(=O)Cl. The fourth-order valence-electron chi connectivity index (χ4n) is 1.48. The van der Waals surface area contributed by atoms with Crippen LogP contribution in [0.5, 0.6) is 11.5 Å². The summed E-state index contributed by atoms with van der Waals surface area (Å²) in [5, 5.41) is -0.525. The van der Waals surface area contributed by atoms with Gasteiger partial charge in [-0.05, 0) is 29.7 Å². The number of carbonyl (C=O) groups excluding carboxylic acids is 1. The minimum Gasteiger partial charge on any atom is -0.493 e. The van der Waals surface area contributed by atoms with E-state index in [0.29, 0.717) is 23.5 Å². The second-order valence-corrected chi connectivity index (χ2v) is 3.31. The number of carbonyl (C=O) groups is 1. The molecule has 1 aromatic carbocycles. The molecule has 0 aliphatic rings. The molecule has 0 aliphatic carbocycles. The van der Waals surface area contributed by atoms with Gasteiger partial charge in [0.15, 0.2) is 11.5 Å². The van der Waals surface area contributed by atoms with Crippen LogP contribution < -0.4 is 9.47 Å². The maximum Gasteiger partial charge on any atom is 0.256 e. The summed E-state index contributed by atoms with van der Waals surface area (Å²) in [6.07, 6.45) is 0.716. The third-order valence-electron chi connectivity index (χ3n) is 2.21. The van der Waals surface area contributed by atoms with Crippen LogP contribution in [0.15, 0.2) is 12.1 Å². The molecule has 0 N–H and O–H groups in total. The molecule has 1 aromatic rings. The van der Waals surface area contributed by atoms with Crippen molar-refractivity contribution in [3.8, 4) is 11.5 Å². The van der Waals surface area contributed by atoms with Crippen LogP contribution in [0.4, 0.5) is 0 Å². The Morgan fingerprint density at radius 3 is 2.40 bits per heavy atom. The van der Waals surface area contributed by atoms with Gasteiger partial charge in [-0.1, -0.05) is 13.0 Å². The number of aryl methyl sites for hydroxylation is 1. The zero-order valence-electron chi connectivity index (χ0n) is 8.96. The number of hydrogen-bond donors (Lipinski definition) is 0. The molecule has 0 aromatic heterocycles. The minimum absolute atomic E-state index is 0.390. The third kappa shape index (κ3) is 2.23. The second-order valence-electron chi connectivity index (χ2n) is 2.96. The van der Waals surface area contributed by atoms with Gasteiger partial charge in [-0.25, -0.2) is 0 Å². The van der Waals surface area contributed by atoms with E-state index in [9.17, 15) is 4.79 Å². The van der Waals surface area contributed by atoms with Crippen LogP contribution in [0.1, 0.15) is 22.8 Å². The summed E-state index contributed by atoms with van der Waals surface area (Å²) in [5.41, 5.74) is 1.24. The van der Waals surface area contributed by atoms with Crippen LogP contribution in [0, 0.1) is 0 Å². The highest BCUT2D eigenvalue weighted by Gasteiger charge is 2.18. The largest absolute Gasteiger partial charge is 0.493 e. The topological polar surface area (TPSA) is 35.5 Å². The highest BCUT2D eigenvalue weighted by molar-refractivity contribution is 6.68. The minimum atomic E-state index is -0.525. The average Bonchev–Trinajstić information content (AvgIpc) is 2.26. The first kappa shape index (κ1) is 11.9. The van der Waals surface area contributed by atoms with Crippen LogP contribution in [0.25, 0.3) is 0 Å². The fraction of sp³-hybridized carbons (Fsp3) is 0.364. The molecule has 0 spiro atoms. The van der Waals surface area contributed by atoms with Crippen molar-refractivity contribution in [1.29, 1.82) is 0 Å². The lowest BCUT2D eigenvalue weighted by atomic mass is 10.0. The number of benzene rings is 1. The van der Waals surface area contributed by atoms with Crippen LogP contribution in [0.2, 0.25) is 0 Å². The number of ether oxygens (including phenoxy) is 2. The molecule has 0 saturated carbocycles. The van der Waals surface area contributed by atoms with Gasteiger partial charge in [-0.2, -0.15) is 0 Å². The van der Waals surface area contributed by atoms with Crippen LogP contribution in [-0.4, -0.2) is 19.5 Å². The molecule has 0 fully saturated rings. The molecule has 0 radical (unpaired) electrons. The van der Waals surface area contributed by atoms with Crippen molar-refractivity contribution in [1.82, 2.24) is 0 Å². The van der Waals surface area contributed by atoms with Crippen molar-refractivity contribution >= 4 is 16.8 Å². The molecule has 0 saturated heterocycles. The Kier molecular flexibility index (Phi) is 3.97. The lowest BCUT2D eigenvalue weighted by Gasteiger charge is -2.13. The van der Waals surface area contributed by atoms with Gasteiger partial charge < -0.3 is 9.47 Å². The van der Waals surface area contributed by atoms with E-state index >= 15 is 0 Å². The molecule has 82 valence electrons. The molecule has 0 atom stereocenters. The molecule has 0 bridgehead atoms. The van der Waals surface area contributed by atoms with E-state index in [1.807, 2.05) is 13.0 Å².